The molecule has 0 aliphatic carbocycles. The van der Waals surface area contributed by atoms with E-state index in [-0.39, 0.29) is 18.2 Å². The van der Waals surface area contributed by atoms with Gasteiger partial charge >= 0.3 is 12.0 Å². The van der Waals surface area contributed by atoms with E-state index in [2.05, 4.69) is 9.97 Å². The summed E-state index contributed by atoms with van der Waals surface area (Å²) >= 11 is 0. The van der Waals surface area contributed by atoms with Gasteiger partial charge in [0.15, 0.2) is 0 Å². The molecule has 6 heteroatoms. The first-order valence-corrected chi connectivity index (χ1v) is 6.05. The number of carboxylic acids is 1. The fourth-order valence-electron chi connectivity index (χ4n) is 1.73. The van der Waals surface area contributed by atoms with Crippen molar-refractivity contribution >= 4 is 5.97 Å². The first kappa shape index (κ1) is 14.0. The van der Waals surface area contributed by atoms with Crippen LogP contribution in [0.15, 0.2) is 30.5 Å². The molecular formula is C14H14N2O4. The van der Waals surface area contributed by atoms with E-state index < -0.39 is 5.97 Å². The highest BCUT2D eigenvalue weighted by Gasteiger charge is 2.12. The second-order valence-corrected chi connectivity index (χ2v) is 4.14. The van der Waals surface area contributed by atoms with Gasteiger partial charge in [-0.2, -0.15) is 4.98 Å². The van der Waals surface area contributed by atoms with Gasteiger partial charge in [0.05, 0.1) is 11.3 Å². The van der Waals surface area contributed by atoms with Crippen LogP contribution >= 0.6 is 0 Å². The minimum Gasteiger partial charge on any atom is -0.478 e. The van der Waals surface area contributed by atoms with E-state index in [1.807, 2.05) is 12.1 Å². The molecule has 20 heavy (non-hydrogen) atoms. The minimum atomic E-state index is -1.07. The maximum absolute atomic E-state index is 10.9. The van der Waals surface area contributed by atoms with Gasteiger partial charge < -0.3 is 14.9 Å². The Bertz CT molecular complexity index is 628. The van der Waals surface area contributed by atoms with Crippen molar-refractivity contribution in [2.24, 2.45) is 0 Å². The van der Waals surface area contributed by atoms with Crippen molar-refractivity contribution in [3.8, 4) is 11.8 Å². The molecule has 1 heterocycles. The van der Waals surface area contributed by atoms with E-state index in [0.29, 0.717) is 17.9 Å². The van der Waals surface area contributed by atoms with Crippen LogP contribution in [-0.2, 0) is 6.42 Å². The molecule has 0 unspecified atom stereocenters. The summed E-state index contributed by atoms with van der Waals surface area (Å²) in [5.41, 5.74) is 1.21. The van der Waals surface area contributed by atoms with Gasteiger partial charge in [-0.25, -0.2) is 9.78 Å². The third kappa shape index (κ3) is 3.10. The average molecular weight is 274 g/mol. The number of para-hydroxylation sites is 1. The van der Waals surface area contributed by atoms with Crippen molar-refractivity contribution in [2.45, 2.75) is 13.3 Å². The van der Waals surface area contributed by atoms with Crippen LogP contribution in [0.5, 0.6) is 11.8 Å². The van der Waals surface area contributed by atoms with Crippen LogP contribution in [-0.4, -0.2) is 32.8 Å². The zero-order valence-corrected chi connectivity index (χ0v) is 10.9. The van der Waals surface area contributed by atoms with Crippen LogP contribution in [0.4, 0.5) is 0 Å². The molecule has 6 nitrogen and oxygen atoms in total. The monoisotopic (exact) mass is 274 g/mol. The first-order chi connectivity index (χ1) is 9.61. The van der Waals surface area contributed by atoms with Crippen LogP contribution in [0.3, 0.4) is 0 Å². The number of ether oxygens (including phenoxy) is 1. The normalized spacial score (nSPS) is 10.3. The number of carboxylic acid groups (broad SMARTS) is 1. The molecule has 0 fully saturated rings. The van der Waals surface area contributed by atoms with Gasteiger partial charge in [-0.15, -0.1) is 0 Å². The van der Waals surface area contributed by atoms with Gasteiger partial charge in [0.2, 0.25) is 0 Å². The lowest BCUT2D eigenvalue weighted by Crippen LogP contribution is -2.05. The number of aromatic carboxylic acids is 1. The average Bonchev–Trinajstić information content (AvgIpc) is 2.41. The SMILES string of the molecule is Cc1nc(Oc2ccccc2CCO)ncc1C(=O)O. The Morgan fingerprint density at radius 3 is 2.75 bits per heavy atom. The number of hydrogen-bond acceptors (Lipinski definition) is 5. The molecule has 1 aromatic heterocycles. The van der Waals surface area contributed by atoms with E-state index in [1.54, 1.807) is 19.1 Å². The van der Waals surface area contributed by atoms with E-state index >= 15 is 0 Å². The number of hydrogen-bond donors (Lipinski definition) is 2. The Labute approximate surface area is 115 Å². The molecule has 0 saturated carbocycles. The highest BCUT2D eigenvalue weighted by molar-refractivity contribution is 5.88. The molecule has 0 spiro atoms. The number of carbonyl (C=O) groups is 1. The molecule has 2 rings (SSSR count). The maximum atomic E-state index is 10.9. The van der Waals surface area contributed by atoms with Gasteiger partial charge in [-0.05, 0) is 25.0 Å². The summed E-state index contributed by atoms with van der Waals surface area (Å²) in [6.07, 6.45) is 1.68. The quantitative estimate of drug-likeness (QED) is 0.863. The van der Waals surface area contributed by atoms with Gasteiger partial charge in [-0.1, -0.05) is 18.2 Å². The van der Waals surface area contributed by atoms with E-state index in [9.17, 15) is 4.79 Å². The maximum Gasteiger partial charge on any atom is 0.339 e. The Balaban J connectivity index is 2.26. The molecular weight excluding hydrogens is 260 g/mol. The largest absolute Gasteiger partial charge is 0.478 e. The van der Waals surface area contributed by atoms with E-state index in [1.165, 1.54) is 6.20 Å². The summed E-state index contributed by atoms with van der Waals surface area (Å²) in [6, 6.07) is 7.31. The third-order valence-corrected chi connectivity index (χ3v) is 2.74. The van der Waals surface area contributed by atoms with Gasteiger partial charge in [0.25, 0.3) is 0 Å². The summed E-state index contributed by atoms with van der Waals surface area (Å²) in [4.78, 5) is 18.8. The third-order valence-electron chi connectivity index (χ3n) is 2.74. The molecule has 1 aromatic carbocycles. The molecule has 104 valence electrons. The summed E-state index contributed by atoms with van der Waals surface area (Å²) in [5, 5.41) is 17.9. The summed E-state index contributed by atoms with van der Waals surface area (Å²) < 4.78 is 5.55. The number of rotatable bonds is 5. The first-order valence-electron chi connectivity index (χ1n) is 6.05. The molecule has 0 amide bonds. The second-order valence-electron chi connectivity index (χ2n) is 4.14. The summed E-state index contributed by atoms with van der Waals surface area (Å²) in [6.45, 7) is 1.59. The second kappa shape index (κ2) is 6.12. The summed E-state index contributed by atoms with van der Waals surface area (Å²) in [5.74, 6) is -0.529. The number of aliphatic hydroxyl groups is 1. The number of aliphatic hydroxyl groups excluding tert-OH is 1. The Hall–Kier alpha value is -2.47. The zero-order valence-electron chi connectivity index (χ0n) is 10.9. The standard InChI is InChI=1S/C14H14N2O4/c1-9-11(13(18)19)8-15-14(16-9)20-12-5-3-2-4-10(12)6-7-17/h2-5,8,17H,6-7H2,1H3,(H,18,19). The van der Waals surface area contributed by atoms with Crippen molar-refractivity contribution in [3.63, 3.8) is 0 Å². The molecule has 2 aromatic rings. The Morgan fingerprint density at radius 2 is 2.10 bits per heavy atom. The minimum absolute atomic E-state index is 0.0121. The number of benzene rings is 1. The smallest absolute Gasteiger partial charge is 0.339 e. The number of nitrogens with zero attached hydrogens (tertiary/aromatic N) is 2. The lowest BCUT2D eigenvalue weighted by Gasteiger charge is -2.09. The predicted molar refractivity (Wildman–Crippen MR) is 71.0 cm³/mol. The number of aromatic nitrogens is 2. The molecule has 0 atom stereocenters. The van der Waals surface area contributed by atoms with Crippen molar-refractivity contribution < 1.29 is 19.7 Å². The van der Waals surface area contributed by atoms with Crippen LogP contribution in [0.2, 0.25) is 0 Å². The molecule has 0 aliphatic heterocycles. The van der Waals surface area contributed by atoms with E-state index in [4.69, 9.17) is 14.9 Å². The van der Waals surface area contributed by atoms with Gasteiger partial charge in [-0.3, -0.25) is 0 Å². The van der Waals surface area contributed by atoms with Crippen molar-refractivity contribution in [3.05, 3.63) is 47.3 Å². The molecule has 2 N–H and O–H groups in total. The van der Waals surface area contributed by atoms with Crippen LogP contribution < -0.4 is 4.74 Å². The number of aryl methyl sites for hydroxylation is 1. The lowest BCUT2D eigenvalue weighted by atomic mass is 10.1. The van der Waals surface area contributed by atoms with Crippen molar-refractivity contribution in [2.75, 3.05) is 6.61 Å². The van der Waals surface area contributed by atoms with Crippen LogP contribution in [0, 0.1) is 6.92 Å². The zero-order chi connectivity index (χ0) is 14.5. The molecule has 0 saturated heterocycles. The fraction of sp³-hybridized carbons (Fsp3) is 0.214. The Kier molecular flexibility index (Phi) is 4.27. The van der Waals surface area contributed by atoms with E-state index in [0.717, 1.165) is 5.56 Å². The van der Waals surface area contributed by atoms with Gasteiger partial charge in [0, 0.05) is 12.8 Å². The fourth-order valence-corrected chi connectivity index (χ4v) is 1.73. The van der Waals surface area contributed by atoms with Crippen molar-refractivity contribution in [1.29, 1.82) is 0 Å². The van der Waals surface area contributed by atoms with Gasteiger partial charge in [0.1, 0.15) is 5.75 Å². The lowest BCUT2D eigenvalue weighted by molar-refractivity contribution is 0.0695. The highest BCUT2D eigenvalue weighted by atomic mass is 16.5. The topological polar surface area (TPSA) is 92.5 Å². The highest BCUT2D eigenvalue weighted by Crippen LogP contribution is 2.23. The van der Waals surface area contributed by atoms with Crippen LogP contribution in [0.1, 0.15) is 21.6 Å². The Morgan fingerprint density at radius 1 is 1.35 bits per heavy atom. The van der Waals surface area contributed by atoms with Crippen LogP contribution in [0.25, 0.3) is 0 Å². The summed E-state index contributed by atoms with van der Waals surface area (Å²) in [7, 11) is 0. The molecule has 0 bridgehead atoms. The molecule has 0 aliphatic rings. The molecule has 0 radical (unpaired) electrons. The van der Waals surface area contributed by atoms with Crippen molar-refractivity contribution in [1.82, 2.24) is 9.97 Å². The predicted octanol–water partition coefficient (Wildman–Crippen LogP) is 1.81.